The molecule has 0 aliphatic rings. The van der Waals surface area contributed by atoms with Gasteiger partial charge in [-0.1, -0.05) is 0 Å². The van der Waals surface area contributed by atoms with Gasteiger partial charge in [0.15, 0.2) is 13.2 Å². The molecule has 0 saturated heterocycles. The molecule has 130 valence electrons. The number of hydrogen-bond donors (Lipinski definition) is 2. The largest absolute Gasteiger partial charge is 0.484 e. The molecule has 2 aromatic carbocycles. The van der Waals surface area contributed by atoms with Gasteiger partial charge in [-0.25, -0.2) is 14.6 Å². The maximum Gasteiger partial charge on any atom is 0.341 e. The summed E-state index contributed by atoms with van der Waals surface area (Å²) in [6.07, 6.45) is 1.41. The van der Waals surface area contributed by atoms with Crippen LogP contribution >= 0.6 is 0 Å². The van der Waals surface area contributed by atoms with Crippen molar-refractivity contribution in [3.8, 4) is 11.5 Å². The summed E-state index contributed by atoms with van der Waals surface area (Å²) in [5, 5.41) is 12.3. The molecule has 0 saturated carbocycles. The SMILES string of the molecule is O=C(O)COc1ccc(/C=N\NC(=O)COc2ccc(F)cc2)cc1. The van der Waals surface area contributed by atoms with Crippen LogP contribution in [0.4, 0.5) is 4.39 Å². The van der Waals surface area contributed by atoms with E-state index >= 15 is 0 Å². The molecule has 2 N–H and O–H groups in total. The first-order chi connectivity index (χ1) is 12.0. The van der Waals surface area contributed by atoms with Crippen LogP contribution in [0.25, 0.3) is 0 Å². The van der Waals surface area contributed by atoms with Gasteiger partial charge >= 0.3 is 5.97 Å². The molecule has 2 rings (SSSR count). The Hall–Kier alpha value is -3.42. The predicted octanol–water partition coefficient (Wildman–Crippen LogP) is 1.82. The van der Waals surface area contributed by atoms with E-state index in [0.717, 1.165) is 0 Å². The van der Waals surface area contributed by atoms with Crippen LogP contribution in [0.5, 0.6) is 11.5 Å². The van der Waals surface area contributed by atoms with Crippen molar-refractivity contribution in [2.75, 3.05) is 13.2 Å². The first-order valence-corrected chi connectivity index (χ1v) is 7.18. The molecule has 0 aliphatic carbocycles. The van der Waals surface area contributed by atoms with Crippen molar-refractivity contribution >= 4 is 18.1 Å². The van der Waals surface area contributed by atoms with Crippen LogP contribution in [-0.4, -0.2) is 36.4 Å². The lowest BCUT2D eigenvalue weighted by Crippen LogP contribution is -2.24. The van der Waals surface area contributed by atoms with E-state index in [1.54, 1.807) is 24.3 Å². The molecule has 0 unspecified atom stereocenters. The van der Waals surface area contributed by atoms with Gasteiger partial charge in [-0.2, -0.15) is 5.10 Å². The lowest BCUT2D eigenvalue weighted by atomic mass is 10.2. The molecule has 1 amide bonds. The number of amides is 1. The van der Waals surface area contributed by atoms with E-state index in [1.165, 1.54) is 30.5 Å². The highest BCUT2D eigenvalue weighted by Gasteiger charge is 2.02. The van der Waals surface area contributed by atoms with Crippen molar-refractivity contribution in [1.29, 1.82) is 0 Å². The fourth-order valence-corrected chi connectivity index (χ4v) is 1.69. The van der Waals surface area contributed by atoms with E-state index in [-0.39, 0.29) is 12.4 Å². The smallest absolute Gasteiger partial charge is 0.341 e. The molecule has 8 heteroatoms. The number of carboxylic acid groups (broad SMARTS) is 1. The highest BCUT2D eigenvalue weighted by molar-refractivity contribution is 5.83. The van der Waals surface area contributed by atoms with Crippen molar-refractivity contribution in [3.05, 3.63) is 59.9 Å². The summed E-state index contributed by atoms with van der Waals surface area (Å²) >= 11 is 0. The van der Waals surface area contributed by atoms with Gasteiger partial charge in [0.1, 0.15) is 17.3 Å². The second-order valence-corrected chi connectivity index (χ2v) is 4.79. The maximum absolute atomic E-state index is 12.7. The molecule has 2 aromatic rings. The number of rotatable bonds is 8. The van der Waals surface area contributed by atoms with E-state index < -0.39 is 18.5 Å². The zero-order chi connectivity index (χ0) is 18.1. The second kappa shape index (κ2) is 9.02. The summed E-state index contributed by atoms with van der Waals surface area (Å²) < 4.78 is 22.9. The molecule has 0 aliphatic heterocycles. The third-order valence-corrected chi connectivity index (χ3v) is 2.83. The Morgan fingerprint density at radius 3 is 2.16 bits per heavy atom. The monoisotopic (exact) mass is 346 g/mol. The van der Waals surface area contributed by atoms with Crippen LogP contribution in [0.2, 0.25) is 0 Å². The van der Waals surface area contributed by atoms with E-state index in [0.29, 0.717) is 17.1 Å². The van der Waals surface area contributed by atoms with Gasteiger partial charge in [-0.15, -0.1) is 0 Å². The number of carbonyl (C=O) groups is 2. The summed E-state index contributed by atoms with van der Waals surface area (Å²) in [5.74, 6) is -1.13. The highest BCUT2D eigenvalue weighted by atomic mass is 19.1. The van der Waals surface area contributed by atoms with Crippen molar-refractivity contribution < 1.29 is 28.6 Å². The topological polar surface area (TPSA) is 97.2 Å². The first-order valence-electron chi connectivity index (χ1n) is 7.18. The van der Waals surface area contributed by atoms with Crippen LogP contribution in [-0.2, 0) is 9.59 Å². The number of hydrogen-bond acceptors (Lipinski definition) is 5. The second-order valence-electron chi connectivity index (χ2n) is 4.79. The molecule has 25 heavy (non-hydrogen) atoms. The van der Waals surface area contributed by atoms with Gasteiger partial charge in [0.25, 0.3) is 5.91 Å². The maximum atomic E-state index is 12.7. The van der Waals surface area contributed by atoms with Crippen molar-refractivity contribution in [2.24, 2.45) is 5.10 Å². The number of aliphatic carboxylic acids is 1. The average molecular weight is 346 g/mol. The minimum absolute atomic E-state index is 0.259. The molecule has 0 radical (unpaired) electrons. The molecule has 0 spiro atoms. The zero-order valence-corrected chi connectivity index (χ0v) is 13.0. The van der Waals surface area contributed by atoms with Gasteiger partial charge in [-0.3, -0.25) is 4.79 Å². The third-order valence-electron chi connectivity index (χ3n) is 2.83. The van der Waals surface area contributed by atoms with E-state index in [2.05, 4.69) is 10.5 Å². The van der Waals surface area contributed by atoms with Crippen molar-refractivity contribution in [2.45, 2.75) is 0 Å². The normalized spacial score (nSPS) is 10.4. The summed E-state index contributed by atoms with van der Waals surface area (Å²) in [5.41, 5.74) is 2.97. The molecule has 0 atom stereocenters. The van der Waals surface area contributed by atoms with Gasteiger partial charge in [0.2, 0.25) is 0 Å². The Kier molecular flexibility index (Phi) is 6.47. The Morgan fingerprint density at radius 2 is 1.56 bits per heavy atom. The third kappa shape index (κ3) is 6.69. The zero-order valence-electron chi connectivity index (χ0n) is 13.0. The van der Waals surface area contributed by atoms with Crippen LogP contribution < -0.4 is 14.9 Å². The molecule has 0 heterocycles. The molecular weight excluding hydrogens is 331 g/mol. The Bertz CT molecular complexity index is 745. The number of benzene rings is 2. The van der Waals surface area contributed by atoms with Gasteiger partial charge < -0.3 is 14.6 Å². The van der Waals surface area contributed by atoms with Gasteiger partial charge in [0, 0.05) is 0 Å². The number of carboxylic acids is 1. The quantitative estimate of drug-likeness (QED) is 0.561. The fraction of sp³-hybridized carbons (Fsp3) is 0.118. The highest BCUT2D eigenvalue weighted by Crippen LogP contribution is 2.11. The Labute approximate surface area is 142 Å². The van der Waals surface area contributed by atoms with Crippen LogP contribution in [0, 0.1) is 5.82 Å². The van der Waals surface area contributed by atoms with Crippen LogP contribution in [0.3, 0.4) is 0 Å². The summed E-state index contributed by atoms with van der Waals surface area (Å²) in [6.45, 7) is -0.678. The Morgan fingerprint density at radius 1 is 1.00 bits per heavy atom. The summed E-state index contributed by atoms with van der Waals surface area (Å²) in [6, 6.07) is 11.8. The summed E-state index contributed by atoms with van der Waals surface area (Å²) in [7, 11) is 0. The molecule has 0 bridgehead atoms. The van der Waals surface area contributed by atoms with Crippen molar-refractivity contribution in [1.82, 2.24) is 5.43 Å². The van der Waals surface area contributed by atoms with Gasteiger partial charge in [-0.05, 0) is 54.1 Å². The minimum Gasteiger partial charge on any atom is -0.484 e. The number of nitrogens with one attached hydrogen (secondary N) is 1. The molecule has 0 fully saturated rings. The van der Waals surface area contributed by atoms with Crippen LogP contribution in [0.15, 0.2) is 53.6 Å². The fourth-order valence-electron chi connectivity index (χ4n) is 1.69. The number of carbonyl (C=O) groups excluding carboxylic acids is 1. The molecule has 7 nitrogen and oxygen atoms in total. The number of nitrogens with zero attached hydrogens (tertiary/aromatic N) is 1. The Balaban J connectivity index is 1.74. The first kappa shape index (κ1) is 17.9. The number of halogens is 1. The predicted molar refractivity (Wildman–Crippen MR) is 87.2 cm³/mol. The van der Waals surface area contributed by atoms with Crippen LogP contribution in [0.1, 0.15) is 5.56 Å². The minimum atomic E-state index is -1.06. The summed E-state index contributed by atoms with van der Waals surface area (Å²) in [4.78, 5) is 22.0. The molecular formula is C17H15FN2O5. The van der Waals surface area contributed by atoms with Gasteiger partial charge in [0.05, 0.1) is 6.21 Å². The lowest BCUT2D eigenvalue weighted by molar-refractivity contribution is -0.139. The number of ether oxygens (including phenoxy) is 2. The average Bonchev–Trinajstić information content (AvgIpc) is 2.60. The van der Waals surface area contributed by atoms with E-state index in [4.69, 9.17) is 14.6 Å². The van der Waals surface area contributed by atoms with Crippen molar-refractivity contribution in [3.63, 3.8) is 0 Å². The molecule has 0 aromatic heterocycles. The van der Waals surface area contributed by atoms with E-state index in [9.17, 15) is 14.0 Å². The standard InChI is InChI=1S/C17H15FN2O5/c18-13-3-7-15(8-4-13)24-10-16(21)20-19-9-12-1-5-14(6-2-12)25-11-17(22)23/h1-9H,10-11H2,(H,20,21)(H,22,23)/b19-9-. The number of hydrazone groups is 1. The lowest BCUT2D eigenvalue weighted by Gasteiger charge is -2.04. The van der Waals surface area contributed by atoms with E-state index in [1.807, 2.05) is 0 Å².